The van der Waals surface area contributed by atoms with Crippen LogP contribution < -0.4 is 10.1 Å². The van der Waals surface area contributed by atoms with Gasteiger partial charge in [0.25, 0.3) is 5.91 Å². The van der Waals surface area contributed by atoms with Gasteiger partial charge < -0.3 is 10.1 Å². The molecule has 0 unspecified atom stereocenters. The van der Waals surface area contributed by atoms with Crippen molar-refractivity contribution < 1.29 is 18.3 Å². The maximum absolute atomic E-state index is 12.0. The molecule has 0 radical (unpaired) electrons. The van der Waals surface area contributed by atoms with Crippen LogP contribution in [0.1, 0.15) is 15.9 Å². The van der Waals surface area contributed by atoms with Crippen molar-refractivity contribution in [1.29, 1.82) is 0 Å². The lowest BCUT2D eigenvalue weighted by molar-refractivity contribution is -0.0498. The Balaban J connectivity index is 1.79. The lowest BCUT2D eigenvalue weighted by Crippen LogP contribution is -2.25. The number of halogens is 3. The minimum atomic E-state index is -2.82. The van der Waals surface area contributed by atoms with Crippen LogP contribution in [0, 0.1) is 2.88 Å². The molecule has 0 aliphatic carbocycles. The summed E-state index contributed by atoms with van der Waals surface area (Å²) in [5.74, 6) is 0.0254. The molecule has 112 valence electrons. The van der Waals surface area contributed by atoms with Gasteiger partial charge in [-0.25, -0.2) is 0 Å². The number of alkyl halides is 2. The van der Waals surface area contributed by atoms with Crippen LogP contribution in [0.2, 0.25) is 0 Å². The summed E-state index contributed by atoms with van der Waals surface area (Å²) in [6, 6.07) is 8.22. The normalized spacial score (nSPS) is 10.7. The number of hydrogen-bond acceptors (Lipinski definition) is 3. The molecule has 1 aromatic heterocycles. The molecule has 2 rings (SSSR count). The van der Waals surface area contributed by atoms with Gasteiger partial charge in [-0.3, -0.25) is 4.79 Å². The Morgan fingerprint density at radius 1 is 1.33 bits per heavy atom. The van der Waals surface area contributed by atoms with Crippen LogP contribution >= 0.6 is 33.9 Å². The molecular formula is C14H12F2INO2S. The first-order valence-corrected chi connectivity index (χ1v) is 8.06. The first-order chi connectivity index (χ1) is 10.0. The van der Waals surface area contributed by atoms with Crippen molar-refractivity contribution in [3.63, 3.8) is 0 Å². The van der Waals surface area contributed by atoms with E-state index in [1.807, 2.05) is 11.4 Å². The fraction of sp³-hybridized carbons (Fsp3) is 0.214. The summed E-state index contributed by atoms with van der Waals surface area (Å²) in [5, 5.41) is 4.63. The summed E-state index contributed by atoms with van der Waals surface area (Å²) in [4.78, 5) is 11.8. The number of rotatable bonds is 6. The molecule has 1 heterocycles. The molecule has 0 saturated carbocycles. The second-order valence-corrected chi connectivity index (χ2v) is 6.97. The molecule has 0 atom stereocenters. The van der Waals surface area contributed by atoms with Crippen LogP contribution in [0.4, 0.5) is 8.78 Å². The van der Waals surface area contributed by atoms with E-state index in [1.54, 1.807) is 12.1 Å². The number of carbonyl (C=O) groups excluding carboxylic acids is 1. The van der Waals surface area contributed by atoms with E-state index >= 15 is 0 Å². The van der Waals surface area contributed by atoms with Crippen molar-refractivity contribution in [3.05, 3.63) is 49.7 Å². The number of amides is 1. The van der Waals surface area contributed by atoms with Crippen LogP contribution in [0.25, 0.3) is 0 Å². The van der Waals surface area contributed by atoms with E-state index in [1.165, 1.54) is 23.5 Å². The van der Waals surface area contributed by atoms with Crippen LogP contribution in [-0.2, 0) is 6.42 Å². The van der Waals surface area contributed by atoms with Crippen LogP contribution in [0.3, 0.4) is 0 Å². The summed E-state index contributed by atoms with van der Waals surface area (Å²) in [5.41, 5.74) is 1.60. The zero-order valence-corrected chi connectivity index (χ0v) is 13.8. The summed E-state index contributed by atoms with van der Waals surface area (Å²) in [6.07, 6.45) is 0.627. The Morgan fingerprint density at radius 3 is 2.62 bits per heavy atom. The fourth-order valence-corrected chi connectivity index (χ4v) is 3.02. The highest BCUT2D eigenvalue weighted by molar-refractivity contribution is 14.1. The molecule has 0 bridgehead atoms. The van der Waals surface area contributed by atoms with Crippen molar-refractivity contribution in [1.82, 2.24) is 5.32 Å². The fourth-order valence-electron chi connectivity index (χ4n) is 1.69. The molecule has 7 heteroatoms. The van der Waals surface area contributed by atoms with E-state index in [0.29, 0.717) is 18.5 Å². The van der Waals surface area contributed by atoms with Gasteiger partial charge in [0.2, 0.25) is 0 Å². The first kappa shape index (κ1) is 16.2. The molecule has 1 N–H and O–H groups in total. The van der Waals surface area contributed by atoms with E-state index < -0.39 is 6.61 Å². The number of ether oxygens (including phenoxy) is 1. The second-order valence-electron chi connectivity index (χ2n) is 4.17. The van der Waals surface area contributed by atoms with Gasteiger partial charge in [-0.1, -0.05) is 12.1 Å². The highest BCUT2D eigenvalue weighted by Gasteiger charge is 2.07. The Kier molecular flexibility index (Phi) is 5.92. The summed E-state index contributed by atoms with van der Waals surface area (Å²) < 4.78 is 29.3. The molecule has 0 aliphatic rings. The smallest absolute Gasteiger partial charge is 0.387 e. The molecule has 2 aromatic rings. The third-order valence-electron chi connectivity index (χ3n) is 2.68. The Morgan fingerprint density at radius 2 is 2.05 bits per heavy atom. The zero-order valence-electron chi connectivity index (χ0n) is 10.8. The third kappa shape index (κ3) is 5.24. The Bertz CT molecular complexity index is 601. The quantitative estimate of drug-likeness (QED) is 0.716. The number of thiophene rings is 1. The topological polar surface area (TPSA) is 38.3 Å². The Hall–Kier alpha value is -1.22. The number of hydrogen-bond donors (Lipinski definition) is 1. The number of nitrogens with one attached hydrogen (secondary N) is 1. The second kappa shape index (κ2) is 7.69. The van der Waals surface area contributed by atoms with E-state index in [2.05, 4.69) is 32.6 Å². The van der Waals surface area contributed by atoms with E-state index in [-0.39, 0.29) is 11.7 Å². The standard InChI is InChI=1S/C14H12F2INO2S/c15-14(16)20-11-3-1-9(2-4-11)5-6-18-13(19)10-7-12(17)21-8-10/h1-4,7-8,14H,5-6H2,(H,18,19). The van der Waals surface area contributed by atoms with E-state index in [0.717, 1.165) is 8.45 Å². The lowest BCUT2D eigenvalue weighted by atomic mass is 10.1. The van der Waals surface area contributed by atoms with Gasteiger partial charge >= 0.3 is 6.61 Å². The summed E-state index contributed by atoms with van der Waals surface area (Å²) in [7, 11) is 0. The van der Waals surface area contributed by atoms with E-state index in [4.69, 9.17) is 0 Å². The largest absolute Gasteiger partial charge is 0.435 e. The van der Waals surface area contributed by atoms with Gasteiger partial charge in [-0.2, -0.15) is 8.78 Å². The van der Waals surface area contributed by atoms with Gasteiger partial charge in [0.05, 0.1) is 8.45 Å². The van der Waals surface area contributed by atoms with Crippen LogP contribution in [-0.4, -0.2) is 19.1 Å². The molecule has 0 spiro atoms. The predicted molar refractivity (Wildman–Crippen MR) is 86.1 cm³/mol. The van der Waals surface area contributed by atoms with Gasteiger partial charge in [-0.15, -0.1) is 11.3 Å². The molecule has 1 amide bonds. The zero-order chi connectivity index (χ0) is 15.2. The minimum absolute atomic E-state index is 0.105. The first-order valence-electron chi connectivity index (χ1n) is 6.10. The summed E-state index contributed by atoms with van der Waals surface area (Å²) >= 11 is 3.69. The molecule has 0 fully saturated rings. The average molecular weight is 423 g/mol. The SMILES string of the molecule is O=C(NCCc1ccc(OC(F)F)cc1)c1csc(I)c1. The van der Waals surface area contributed by atoms with Gasteiger partial charge in [-0.05, 0) is 52.8 Å². The molecule has 21 heavy (non-hydrogen) atoms. The van der Waals surface area contributed by atoms with Gasteiger partial charge in [0, 0.05) is 11.9 Å². The van der Waals surface area contributed by atoms with Crippen molar-refractivity contribution in [3.8, 4) is 5.75 Å². The molecule has 0 aliphatic heterocycles. The maximum atomic E-state index is 12.0. The molecule has 1 aromatic carbocycles. The molecule has 3 nitrogen and oxygen atoms in total. The third-order valence-corrected chi connectivity index (χ3v) is 4.47. The monoisotopic (exact) mass is 423 g/mol. The van der Waals surface area contributed by atoms with Crippen LogP contribution in [0.15, 0.2) is 35.7 Å². The molecular weight excluding hydrogens is 411 g/mol. The van der Waals surface area contributed by atoms with Crippen molar-refractivity contribution in [2.24, 2.45) is 0 Å². The number of benzene rings is 1. The predicted octanol–water partition coefficient (Wildman–Crippen LogP) is 3.93. The van der Waals surface area contributed by atoms with Gasteiger partial charge in [0.1, 0.15) is 5.75 Å². The lowest BCUT2D eigenvalue weighted by Gasteiger charge is -2.06. The Labute approximate surface area is 138 Å². The van der Waals surface area contributed by atoms with Gasteiger partial charge in [0.15, 0.2) is 0 Å². The summed E-state index contributed by atoms with van der Waals surface area (Å²) in [6.45, 7) is -2.33. The van der Waals surface area contributed by atoms with E-state index in [9.17, 15) is 13.6 Å². The molecule has 0 saturated heterocycles. The highest BCUT2D eigenvalue weighted by atomic mass is 127. The minimum Gasteiger partial charge on any atom is -0.435 e. The van der Waals surface area contributed by atoms with Crippen molar-refractivity contribution in [2.45, 2.75) is 13.0 Å². The van der Waals surface area contributed by atoms with Crippen LogP contribution in [0.5, 0.6) is 5.75 Å². The van der Waals surface area contributed by atoms with Crippen molar-refractivity contribution >= 4 is 39.8 Å². The maximum Gasteiger partial charge on any atom is 0.387 e. The van der Waals surface area contributed by atoms with Crippen molar-refractivity contribution in [2.75, 3.05) is 6.54 Å². The highest BCUT2D eigenvalue weighted by Crippen LogP contribution is 2.17. The average Bonchev–Trinajstić information content (AvgIpc) is 2.87. The number of carbonyl (C=O) groups is 1.